The Bertz CT molecular complexity index is 904. The second-order valence-corrected chi connectivity index (χ2v) is 6.81. The molecule has 0 atom stereocenters. The summed E-state index contributed by atoms with van der Waals surface area (Å²) in [5, 5.41) is 3.65. The normalized spacial score (nSPS) is 10.5. The first-order valence-electron chi connectivity index (χ1n) is 8.44. The monoisotopic (exact) mass is 367 g/mol. The Morgan fingerprint density at radius 2 is 1.73 bits per heavy atom. The molecule has 3 aromatic rings. The minimum atomic E-state index is -0.123. The first kappa shape index (κ1) is 17.9. The average Bonchev–Trinajstić information content (AvgIpc) is 2.99. The van der Waals surface area contributed by atoms with Crippen molar-refractivity contribution in [1.29, 1.82) is 0 Å². The van der Waals surface area contributed by atoms with E-state index in [1.165, 1.54) is 0 Å². The molecule has 5 nitrogen and oxygen atoms in total. The van der Waals surface area contributed by atoms with E-state index in [0.29, 0.717) is 13.1 Å². The van der Waals surface area contributed by atoms with E-state index < -0.39 is 0 Å². The Hall–Kier alpha value is -2.86. The van der Waals surface area contributed by atoms with Crippen LogP contribution in [0.2, 0.25) is 0 Å². The minimum absolute atomic E-state index is 0.0282. The molecule has 0 radical (unpaired) electrons. The fourth-order valence-electron chi connectivity index (χ4n) is 2.66. The smallest absolute Gasteiger partial charge is 0.303 e. The maximum atomic E-state index is 12.5. The van der Waals surface area contributed by atoms with Gasteiger partial charge in [0.25, 0.3) is 0 Å². The van der Waals surface area contributed by atoms with Gasteiger partial charge in [0.05, 0.1) is 12.2 Å². The molecule has 0 aliphatic heterocycles. The number of aryl methyl sites for hydroxylation is 1. The van der Waals surface area contributed by atoms with Crippen molar-refractivity contribution in [1.82, 2.24) is 9.99 Å². The second kappa shape index (κ2) is 8.49. The van der Waals surface area contributed by atoms with Crippen LogP contribution in [0.25, 0.3) is 0 Å². The van der Waals surface area contributed by atoms with E-state index >= 15 is 0 Å². The lowest BCUT2D eigenvalue weighted by atomic mass is 10.2. The van der Waals surface area contributed by atoms with Crippen molar-refractivity contribution in [2.45, 2.75) is 26.4 Å². The molecule has 1 N–H and O–H groups in total. The highest BCUT2D eigenvalue weighted by molar-refractivity contribution is 7.07. The van der Waals surface area contributed by atoms with Crippen molar-refractivity contribution < 1.29 is 4.79 Å². The van der Waals surface area contributed by atoms with Gasteiger partial charge in [-0.1, -0.05) is 59.9 Å². The molecular weight excluding hydrogens is 346 g/mol. The van der Waals surface area contributed by atoms with Gasteiger partial charge >= 0.3 is 4.87 Å². The van der Waals surface area contributed by atoms with Gasteiger partial charge in [0.15, 0.2) is 0 Å². The van der Waals surface area contributed by atoms with E-state index in [-0.39, 0.29) is 17.2 Å². The third-order valence-electron chi connectivity index (χ3n) is 4.05. The number of hydrogen-bond donors (Lipinski definition) is 1. The highest BCUT2D eigenvalue weighted by Gasteiger charge is 2.12. The molecule has 3 rings (SSSR count). The van der Waals surface area contributed by atoms with Crippen molar-refractivity contribution in [3.63, 3.8) is 0 Å². The van der Waals surface area contributed by atoms with Crippen LogP contribution in [-0.2, 0) is 17.9 Å². The number of carbonyl (C=O) groups is 1. The lowest BCUT2D eigenvalue weighted by Gasteiger charge is -2.25. The van der Waals surface area contributed by atoms with E-state index in [1.54, 1.807) is 4.57 Å². The van der Waals surface area contributed by atoms with Gasteiger partial charge < -0.3 is 4.57 Å². The van der Waals surface area contributed by atoms with Crippen LogP contribution in [-0.4, -0.2) is 10.5 Å². The quantitative estimate of drug-likeness (QED) is 0.652. The molecule has 0 spiro atoms. The molecule has 0 fully saturated rings. The molecule has 26 heavy (non-hydrogen) atoms. The molecule has 0 saturated carbocycles. The molecule has 0 saturated heterocycles. The first-order valence-corrected chi connectivity index (χ1v) is 9.32. The van der Waals surface area contributed by atoms with Crippen LogP contribution in [0.15, 0.2) is 70.8 Å². The Morgan fingerprint density at radius 3 is 2.35 bits per heavy atom. The Labute approximate surface area is 156 Å². The Morgan fingerprint density at radius 1 is 1.08 bits per heavy atom. The summed E-state index contributed by atoms with van der Waals surface area (Å²) in [7, 11) is 0. The van der Waals surface area contributed by atoms with Crippen LogP contribution in [0, 0.1) is 6.92 Å². The second-order valence-electron chi connectivity index (χ2n) is 5.99. The molecule has 1 aromatic heterocycles. The summed E-state index contributed by atoms with van der Waals surface area (Å²) in [4.78, 5) is 24.2. The maximum absolute atomic E-state index is 12.5. The lowest BCUT2D eigenvalue weighted by Crippen LogP contribution is -2.42. The SMILES string of the molecule is Cc1csc(=O)n1CCC(=O)NN(Cc1ccccc1)c1ccccc1. The standard InChI is InChI=1S/C20H21N3O2S/c1-16-15-26-20(25)22(16)13-12-19(24)21-23(18-10-6-3-7-11-18)14-17-8-4-2-5-9-17/h2-11,15H,12-14H2,1H3,(H,21,24). The Balaban J connectivity index is 1.69. The van der Waals surface area contributed by atoms with Crippen molar-refractivity contribution in [3.8, 4) is 0 Å². The number of aromatic nitrogens is 1. The summed E-state index contributed by atoms with van der Waals surface area (Å²) in [6.07, 6.45) is 0.246. The van der Waals surface area contributed by atoms with E-state index in [1.807, 2.05) is 78.0 Å². The number of nitrogens with zero attached hydrogens (tertiary/aromatic N) is 2. The average molecular weight is 367 g/mol. The fraction of sp³-hybridized carbons (Fsp3) is 0.200. The van der Waals surface area contributed by atoms with Gasteiger partial charge in [-0.25, -0.2) is 0 Å². The zero-order valence-electron chi connectivity index (χ0n) is 14.6. The van der Waals surface area contributed by atoms with Gasteiger partial charge in [0.2, 0.25) is 5.91 Å². The number of para-hydroxylation sites is 1. The van der Waals surface area contributed by atoms with Crippen LogP contribution >= 0.6 is 11.3 Å². The predicted molar refractivity (Wildman–Crippen MR) is 105 cm³/mol. The summed E-state index contributed by atoms with van der Waals surface area (Å²) in [6, 6.07) is 19.7. The fourth-order valence-corrected chi connectivity index (χ4v) is 3.42. The van der Waals surface area contributed by atoms with E-state index in [9.17, 15) is 9.59 Å². The summed E-state index contributed by atoms with van der Waals surface area (Å²) in [5.41, 5.74) is 5.86. The third kappa shape index (κ3) is 4.61. The number of benzene rings is 2. The van der Waals surface area contributed by atoms with Crippen molar-refractivity contribution in [2.24, 2.45) is 0 Å². The highest BCUT2D eigenvalue weighted by atomic mass is 32.1. The van der Waals surface area contributed by atoms with Gasteiger partial charge in [0, 0.05) is 24.0 Å². The van der Waals surface area contributed by atoms with Crippen molar-refractivity contribution in [3.05, 3.63) is 87.0 Å². The lowest BCUT2D eigenvalue weighted by molar-refractivity contribution is -0.121. The number of thiazole rings is 1. The number of anilines is 1. The van der Waals surface area contributed by atoms with E-state index in [4.69, 9.17) is 0 Å². The molecule has 1 amide bonds. The van der Waals surface area contributed by atoms with Crippen LogP contribution in [0.1, 0.15) is 17.7 Å². The number of carbonyl (C=O) groups excluding carboxylic acids is 1. The molecule has 0 bridgehead atoms. The van der Waals surface area contributed by atoms with Crippen molar-refractivity contribution >= 4 is 22.9 Å². The van der Waals surface area contributed by atoms with Crippen LogP contribution < -0.4 is 15.3 Å². The molecule has 134 valence electrons. The van der Waals surface area contributed by atoms with Crippen LogP contribution in [0.3, 0.4) is 0 Å². The van der Waals surface area contributed by atoms with Gasteiger partial charge in [0.1, 0.15) is 0 Å². The molecule has 6 heteroatoms. The molecular formula is C20H21N3O2S. The van der Waals surface area contributed by atoms with E-state index in [2.05, 4.69) is 5.43 Å². The highest BCUT2D eigenvalue weighted by Crippen LogP contribution is 2.15. The first-order chi connectivity index (χ1) is 12.6. The topological polar surface area (TPSA) is 54.3 Å². The van der Waals surface area contributed by atoms with Gasteiger partial charge in [-0.15, -0.1) is 0 Å². The maximum Gasteiger partial charge on any atom is 0.307 e. The number of nitrogens with one attached hydrogen (secondary N) is 1. The minimum Gasteiger partial charge on any atom is -0.303 e. The van der Waals surface area contributed by atoms with Crippen molar-refractivity contribution in [2.75, 3.05) is 5.01 Å². The van der Waals surface area contributed by atoms with Gasteiger partial charge in [-0.2, -0.15) is 0 Å². The zero-order chi connectivity index (χ0) is 18.4. The van der Waals surface area contributed by atoms with Gasteiger partial charge in [-0.05, 0) is 24.6 Å². The third-order valence-corrected chi connectivity index (χ3v) is 4.93. The summed E-state index contributed by atoms with van der Waals surface area (Å²) < 4.78 is 1.63. The van der Waals surface area contributed by atoms with Crippen LogP contribution in [0.5, 0.6) is 0 Å². The number of rotatable bonds is 7. The van der Waals surface area contributed by atoms with Crippen LogP contribution in [0.4, 0.5) is 5.69 Å². The molecule has 2 aromatic carbocycles. The molecule has 1 heterocycles. The summed E-state index contributed by atoms with van der Waals surface area (Å²) in [6.45, 7) is 2.82. The summed E-state index contributed by atoms with van der Waals surface area (Å²) in [5.74, 6) is -0.123. The van der Waals surface area contributed by atoms with E-state index in [0.717, 1.165) is 28.3 Å². The number of hydrazine groups is 1. The molecule has 0 aliphatic carbocycles. The molecule has 0 unspecified atom stereocenters. The predicted octanol–water partition coefficient (Wildman–Crippen LogP) is 3.35. The number of amides is 1. The molecule has 0 aliphatic rings. The Kier molecular flexibility index (Phi) is 5.86. The largest absolute Gasteiger partial charge is 0.307 e. The number of hydrogen-bond acceptors (Lipinski definition) is 4. The zero-order valence-corrected chi connectivity index (χ0v) is 15.4. The van der Waals surface area contributed by atoms with Gasteiger partial charge in [-0.3, -0.25) is 20.0 Å². The summed E-state index contributed by atoms with van der Waals surface area (Å²) >= 11 is 1.16.